The maximum absolute atomic E-state index is 12.6. The molecule has 138 valence electrons. The second kappa shape index (κ2) is 6.94. The highest BCUT2D eigenvalue weighted by Gasteiger charge is 2.28. The van der Waals surface area contributed by atoms with Crippen LogP contribution < -0.4 is 5.32 Å². The zero-order valence-corrected chi connectivity index (χ0v) is 16.4. The lowest BCUT2D eigenvalue weighted by Crippen LogP contribution is -2.15. The van der Waals surface area contributed by atoms with Crippen molar-refractivity contribution in [1.82, 2.24) is 19.7 Å². The fourth-order valence-corrected chi connectivity index (χ4v) is 3.58. The van der Waals surface area contributed by atoms with Crippen molar-refractivity contribution < 1.29 is 4.79 Å². The molecule has 0 aliphatic heterocycles. The minimum absolute atomic E-state index is 0.0643. The molecule has 2 heterocycles. The van der Waals surface area contributed by atoms with Crippen LogP contribution in [0.5, 0.6) is 0 Å². The van der Waals surface area contributed by atoms with Gasteiger partial charge in [-0.05, 0) is 51.0 Å². The summed E-state index contributed by atoms with van der Waals surface area (Å²) < 4.78 is 1.67. The smallest absolute Gasteiger partial charge is 0.251 e. The fraction of sp³-hybridized carbons (Fsp3) is 0.263. The van der Waals surface area contributed by atoms with E-state index in [4.69, 9.17) is 23.2 Å². The van der Waals surface area contributed by atoms with Crippen molar-refractivity contribution >= 4 is 40.5 Å². The Labute approximate surface area is 166 Å². The molecule has 2 aromatic heterocycles. The first kappa shape index (κ1) is 17.9. The van der Waals surface area contributed by atoms with Crippen LogP contribution in [-0.4, -0.2) is 25.5 Å². The van der Waals surface area contributed by atoms with E-state index in [0.717, 1.165) is 29.9 Å². The second-order valence-corrected chi connectivity index (χ2v) is 7.38. The number of nitrogens with zero attached hydrogens (tertiary/aromatic N) is 4. The lowest BCUT2D eigenvalue weighted by atomic mass is 9.96. The number of benzene rings is 1. The Kier molecular flexibility index (Phi) is 4.61. The van der Waals surface area contributed by atoms with Crippen LogP contribution >= 0.6 is 23.2 Å². The van der Waals surface area contributed by atoms with Crippen LogP contribution in [0.25, 0.3) is 5.95 Å². The van der Waals surface area contributed by atoms with Crippen molar-refractivity contribution in [1.29, 1.82) is 0 Å². The molecule has 0 unspecified atom stereocenters. The number of carbonyl (C=O) groups excluding carboxylic acids is 1. The predicted molar refractivity (Wildman–Crippen MR) is 106 cm³/mol. The number of Topliss-reactive ketones (excluding diaryl/α,β-unsaturated/α-hetero) is 1. The molecule has 27 heavy (non-hydrogen) atoms. The topological polar surface area (TPSA) is 72.7 Å². The zero-order chi connectivity index (χ0) is 19.1. The van der Waals surface area contributed by atoms with E-state index in [2.05, 4.69) is 20.4 Å². The Morgan fingerprint density at radius 2 is 1.78 bits per heavy atom. The van der Waals surface area contributed by atoms with Crippen LogP contribution in [0.15, 0.2) is 24.3 Å². The number of hydrogen-bond acceptors (Lipinski definition) is 5. The van der Waals surface area contributed by atoms with E-state index >= 15 is 0 Å². The molecule has 1 aliphatic carbocycles. The SMILES string of the molecule is Cc1cc(C)nc(-n2nc(Nc3ccc(Cl)c(Cl)c3)c3c2CCCC3=O)n1. The van der Waals surface area contributed by atoms with Gasteiger partial charge in [0.25, 0.3) is 5.95 Å². The van der Waals surface area contributed by atoms with Crippen LogP contribution in [0.1, 0.15) is 40.3 Å². The van der Waals surface area contributed by atoms with Gasteiger partial charge in [-0.3, -0.25) is 4.79 Å². The van der Waals surface area contributed by atoms with Crippen LogP contribution in [-0.2, 0) is 6.42 Å². The number of nitrogens with one attached hydrogen (secondary N) is 1. The molecular weight excluding hydrogens is 385 g/mol. The Hall–Kier alpha value is -2.44. The van der Waals surface area contributed by atoms with Gasteiger partial charge in [-0.25, -0.2) is 14.6 Å². The predicted octanol–water partition coefficient (Wildman–Crippen LogP) is 4.85. The summed E-state index contributed by atoms with van der Waals surface area (Å²) in [5.74, 6) is 1.02. The van der Waals surface area contributed by atoms with Gasteiger partial charge in [-0.15, -0.1) is 5.10 Å². The lowest BCUT2D eigenvalue weighted by Gasteiger charge is -2.13. The van der Waals surface area contributed by atoms with Gasteiger partial charge in [0.2, 0.25) is 0 Å². The van der Waals surface area contributed by atoms with Crippen molar-refractivity contribution in [3.8, 4) is 5.95 Å². The van der Waals surface area contributed by atoms with Gasteiger partial charge >= 0.3 is 0 Å². The number of ketones is 1. The monoisotopic (exact) mass is 401 g/mol. The van der Waals surface area contributed by atoms with Gasteiger partial charge in [0.05, 0.1) is 21.3 Å². The number of aromatic nitrogens is 4. The fourth-order valence-electron chi connectivity index (χ4n) is 3.28. The quantitative estimate of drug-likeness (QED) is 0.678. The zero-order valence-electron chi connectivity index (χ0n) is 14.9. The number of fused-ring (bicyclic) bond motifs is 1. The highest BCUT2D eigenvalue weighted by Crippen LogP contribution is 2.32. The number of rotatable bonds is 3. The highest BCUT2D eigenvalue weighted by atomic mass is 35.5. The third-order valence-electron chi connectivity index (χ3n) is 4.42. The molecule has 1 aliphatic rings. The number of aryl methyl sites for hydroxylation is 2. The van der Waals surface area contributed by atoms with E-state index in [0.29, 0.717) is 39.5 Å². The van der Waals surface area contributed by atoms with Gasteiger partial charge < -0.3 is 5.32 Å². The van der Waals surface area contributed by atoms with Crippen LogP contribution in [0.3, 0.4) is 0 Å². The molecule has 0 saturated heterocycles. The van der Waals surface area contributed by atoms with Crippen molar-refractivity contribution in [2.75, 3.05) is 5.32 Å². The summed E-state index contributed by atoms with van der Waals surface area (Å²) in [5.41, 5.74) is 3.83. The average Bonchev–Trinajstić information content (AvgIpc) is 2.97. The number of halogens is 2. The van der Waals surface area contributed by atoms with Crippen molar-refractivity contribution in [3.63, 3.8) is 0 Å². The van der Waals surface area contributed by atoms with Gasteiger partial charge in [0.1, 0.15) is 0 Å². The van der Waals surface area contributed by atoms with E-state index in [-0.39, 0.29) is 5.78 Å². The molecule has 4 rings (SSSR count). The Bertz CT molecular complexity index is 1040. The first-order valence-corrected chi connectivity index (χ1v) is 9.38. The van der Waals surface area contributed by atoms with Crippen molar-refractivity contribution in [2.45, 2.75) is 33.1 Å². The summed E-state index contributed by atoms with van der Waals surface area (Å²) in [5, 5.41) is 8.72. The maximum Gasteiger partial charge on any atom is 0.251 e. The number of anilines is 2. The third kappa shape index (κ3) is 3.42. The standard InChI is InChI=1S/C19H17Cl2N5O/c1-10-8-11(2)23-19(22-10)26-15-4-3-5-16(27)17(15)18(25-26)24-12-6-7-13(20)14(21)9-12/h6-9H,3-5H2,1-2H3,(H,24,25). The molecule has 0 atom stereocenters. The van der Waals surface area contributed by atoms with Crippen LogP contribution in [0.2, 0.25) is 10.0 Å². The Morgan fingerprint density at radius 3 is 2.48 bits per heavy atom. The summed E-state index contributed by atoms with van der Waals surface area (Å²) in [6.07, 6.45) is 2.03. The van der Waals surface area contributed by atoms with Gasteiger partial charge in [-0.2, -0.15) is 0 Å². The van der Waals surface area contributed by atoms with Crippen molar-refractivity contribution in [3.05, 3.63) is 57.0 Å². The van der Waals surface area contributed by atoms with E-state index in [1.165, 1.54) is 0 Å². The second-order valence-electron chi connectivity index (χ2n) is 6.56. The molecule has 6 nitrogen and oxygen atoms in total. The minimum atomic E-state index is 0.0643. The van der Waals surface area contributed by atoms with Crippen LogP contribution in [0, 0.1) is 13.8 Å². The molecule has 0 amide bonds. The molecular formula is C19H17Cl2N5O. The molecule has 0 saturated carbocycles. The molecule has 0 bridgehead atoms. The lowest BCUT2D eigenvalue weighted by molar-refractivity contribution is 0.0973. The summed E-state index contributed by atoms with van der Waals surface area (Å²) in [7, 11) is 0. The molecule has 0 radical (unpaired) electrons. The van der Waals surface area contributed by atoms with Gasteiger partial charge in [0, 0.05) is 23.5 Å². The number of hydrogen-bond donors (Lipinski definition) is 1. The summed E-state index contributed by atoms with van der Waals surface area (Å²) in [6, 6.07) is 7.10. The molecule has 3 aromatic rings. The number of carbonyl (C=O) groups is 1. The normalized spacial score (nSPS) is 13.6. The highest BCUT2D eigenvalue weighted by molar-refractivity contribution is 6.42. The molecule has 8 heteroatoms. The van der Waals surface area contributed by atoms with Gasteiger partial charge in [0.15, 0.2) is 11.6 Å². The summed E-state index contributed by atoms with van der Waals surface area (Å²) in [4.78, 5) is 21.6. The Morgan fingerprint density at radius 1 is 1.04 bits per heavy atom. The van der Waals surface area contributed by atoms with Crippen molar-refractivity contribution in [2.24, 2.45) is 0 Å². The summed E-state index contributed by atoms with van der Waals surface area (Å²) >= 11 is 12.1. The summed E-state index contributed by atoms with van der Waals surface area (Å²) in [6.45, 7) is 3.82. The van der Waals surface area contributed by atoms with Gasteiger partial charge in [-0.1, -0.05) is 23.2 Å². The third-order valence-corrected chi connectivity index (χ3v) is 5.16. The maximum atomic E-state index is 12.6. The van der Waals surface area contributed by atoms with Crippen LogP contribution in [0.4, 0.5) is 11.5 Å². The van der Waals surface area contributed by atoms with E-state index in [9.17, 15) is 4.79 Å². The van der Waals surface area contributed by atoms with E-state index in [1.54, 1.807) is 22.9 Å². The largest absolute Gasteiger partial charge is 0.338 e. The average molecular weight is 402 g/mol. The molecule has 1 N–H and O–H groups in total. The molecule has 0 spiro atoms. The first-order valence-electron chi connectivity index (χ1n) is 8.62. The molecule has 1 aromatic carbocycles. The first-order chi connectivity index (χ1) is 12.9. The Balaban J connectivity index is 1.83. The minimum Gasteiger partial charge on any atom is -0.338 e. The molecule has 0 fully saturated rings. The van der Waals surface area contributed by atoms with E-state index < -0.39 is 0 Å². The van der Waals surface area contributed by atoms with E-state index in [1.807, 2.05) is 19.9 Å².